The molecule has 5 rings (SSSR count). The second-order valence-corrected chi connectivity index (χ2v) is 8.33. The lowest BCUT2D eigenvalue weighted by atomic mass is 9.93. The molecule has 3 aromatic rings. The molecule has 0 radical (unpaired) electrons. The van der Waals surface area contributed by atoms with Crippen LogP contribution in [-0.2, 0) is 0 Å². The highest BCUT2D eigenvalue weighted by Gasteiger charge is 2.42. The molecule has 1 saturated heterocycles. The lowest BCUT2D eigenvalue weighted by molar-refractivity contribution is 0.0640. The first-order valence-corrected chi connectivity index (χ1v) is 10.3. The van der Waals surface area contributed by atoms with E-state index in [-0.39, 0.29) is 11.8 Å². The van der Waals surface area contributed by atoms with Gasteiger partial charge in [0, 0.05) is 61.2 Å². The summed E-state index contributed by atoms with van der Waals surface area (Å²) < 4.78 is 0. The molecule has 0 bridgehead atoms. The number of carbonyl (C=O) groups is 2. The molecule has 5 heterocycles. The normalized spacial score (nSPS) is 17.4. The first-order chi connectivity index (χ1) is 14.1. The number of anilines is 1. The summed E-state index contributed by atoms with van der Waals surface area (Å²) in [6.45, 7) is 1.15. The third kappa shape index (κ3) is 3.25. The topological polar surface area (TPSA) is 87.2 Å². The summed E-state index contributed by atoms with van der Waals surface area (Å²) in [5.41, 5.74) is 2.02. The molecular formula is C21H19N5O2S. The second kappa shape index (κ2) is 6.97. The quantitative estimate of drug-likeness (QED) is 0.684. The Labute approximate surface area is 171 Å². The van der Waals surface area contributed by atoms with E-state index in [0.717, 1.165) is 16.1 Å². The van der Waals surface area contributed by atoms with Gasteiger partial charge in [-0.05, 0) is 35.9 Å². The highest BCUT2D eigenvalue weighted by atomic mass is 32.1. The Morgan fingerprint density at radius 1 is 1.00 bits per heavy atom. The average molecular weight is 405 g/mol. The molecule has 0 saturated carbocycles. The zero-order chi connectivity index (χ0) is 19.8. The number of nitrogens with one attached hydrogen (secondary N) is 2. The van der Waals surface area contributed by atoms with Crippen molar-refractivity contribution in [2.24, 2.45) is 0 Å². The van der Waals surface area contributed by atoms with Gasteiger partial charge in [-0.1, -0.05) is 0 Å². The highest BCUT2D eigenvalue weighted by molar-refractivity contribution is 7.18. The van der Waals surface area contributed by atoms with Crippen LogP contribution in [0.2, 0.25) is 0 Å². The molecule has 146 valence electrons. The molecule has 8 heteroatoms. The number of hydrogen-bond acceptors (Lipinski definition) is 6. The van der Waals surface area contributed by atoms with E-state index in [9.17, 15) is 9.59 Å². The van der Waals surface area contributed by atoms with Crippen LogP contribution >= 0.6 is 11.3 Å². The van der Waals surface area contributed by atoms with Gasteiger partial charge in [0.05, 0.1) is 5.69 Å². The maximum atomic E-state index is 12.8. The number of carbonyl (C=O) groups excluding carboxylic acids is 2. The minimum Gasteiger partial charge on any atom is -0.361 e. The predicted octanol–water partition coefficient (Wildman–Crippen LogP) is 2.99. The maximum absolute atomic E-state index is 12.8. The molecular weight excluding hydrogens is 386 g/mol. The smallest absolute Gasteiger partial charge is 0.265 e. The monoisotopic (exact) mass is 405 g/mol. The largest absolute Gasteiger partial charge is 0.361 e. The maximum Gasteiger partial charge on any atom is 0.265 e. The molecule has 3 aromatic heterocycles. The summed E-state index contributed by atoms with van der Waals surface area (Å²) in [6, 6.07) is 9.36. The summed E-state index contributed by atoms with van der Waals surface area (Å²) in [6.07, 6.45) is 8.04. The number of pyridine rings is 2. The van der Waals surface area contributed by atoms with Crippen molar-refractivity contribution in [2.45, 2.75) is 18.5 Å². The summed E-state index contributed by atoms with van der Waals surface area (Å²) in [5, 5.41) is 6.70. The first kappa shape index (κ1) is 17.8. The molecule has 1 spiro atoms. The third-order valence-electron chi connectivity index (χ3n) is 5.46. The predicted molar refractivity (Wildman–Crippen MR) is 111 cm³/mol. The standard InChI is InChI=1S/C21H19N5O2S/c27-19-18-16(13-17(29-18)14-1-7-22-8-2-14)24-21(25-19)5-11-26(12-6-21)20(28)15-3-9-23-10-4-15/h1-4,7-10,13,24H,5-6,11-12H2,(H,25,27). The molecule has 2 N–H and O–H groups in total. The van der Waals surface area contributed by atoms with Gasteiger partial charge in [-0.2, -0.15) is 0 Å². The van der Waals surface area contributed by atoms with Crippen LogP contribution in [0.15, 0.2) is 55.1 Å². The fourth-order valence-corrected chi connectivity index (χ4v) is 4.91. The van der Waals surface area contributed by atoms with Crippen LogP contribution in [-0.4, -0.2) is 45.4 Å². The van der Waals surface area contributed by atoms with E-state index in [1.165, 1.54) is 11.3 Å². The molecule has 0 aliphatic carbocycles. The van der Waals surface area contributed by atoms with Gasteiger partial charge in [-0.25, -0.2) is 0 Å². The molecule has 2 amide bonds. The Morgan fingerprint density at radius 3 is 2.34 bits per heavy atom. The van der Waals surface area contributed by atoms with Gasteiger partial charge in [0.15, 0.2) is 0 Å². The number of piperidine rings is 1. The Hall–Kier alpha value is -3.26. The summed E-state index contributed by atoms with van der Waals surface area (Å²) in [7, 11) is 0. The number of hydrogen-bond donors (Lipinski definition) is 2. The van der Waals surface area contributed by atoms with Crippen LogP contribution in [0.5, 0.6) is 0 Å². The van der Waals surface area contributed by atoms with Gasteiger partial charge in [0.25, 0.3) is 11.8 Å². The Morgan fingerprint density at radius 2 is 1.66 bits per heavy atom. The first-order valence-electron chi connectivity index (χ1n) is 9.48. The van der Waals surface area contributed by atoms with E-state index in [4.69, 9.17) is 0 Å². The van der Waals surface area contributed by atoms with Gasteiger partial charge in [0.2, 0.25) is 0 Å². The van der Waals surface area contributed by atoms with Crippen molar-refractivity contribution in [1.29, 1.82) is 0 Å². The van der Waals surface area contributed by atoms with Crippen molar-refractivity contribution in [1.82, 2.24) is 20.2 Å². The van der Waals surface area contributed by atoms with Crippen molar-refractivity contribution in [3.8, 4) is 10.4 Å². The Balaban J connectivity index is 1.33. The lowest BCUT2D eigenvalue weighted by Gasteiger charge is -2.45. The highest BCUT2D eigenvalue weighted by Crippen LogP contribution is 2.40. The minimum absolute atomic E-state index is 0.000539. The number of thiophene rings is 1. The fourth-order valence-electron chi connectivity index (χ4n) is 3.89. The van der Waals surface area contributed by atoms with Crippen molar-refractivity contribution in [3.05, 3.63) is 65.6 Å². The second-order valence-electron chi connectivity index (χ2n) is 7.28. The van der Waals surface area contributed by atoms with Crippen molar-refractivity contribution in [2.75, 3.05) is 18.4 Å². The van der Waals surface area contributed by atoms with Crippen LogP contribution in [0.1, 0.15) is 32.9 Å². The molecule has 2 aliphatic heterocycles. The zero-order valence-corrected chi connectivity index (χ0v) is 16.4. The third-order valence-corrected chi connectivity index (χ3v) is 6.64. The number of rotatable bonds is 2. The molecule has 0 atom stereocenters. The number of nitrogens with zero attached hydrogens (tertiary/aromatic N) is 3. The van der Waals surface area contributed by atoms with E-state index in [1.54, 1.807) is 36.9 Å². The van der Waals surface area contributed by atoms with Crippen LogP contribution < -0.4 is 10.6 Å². The van der Waals surface area contributed by atoms with Gasteiger partial charge in [-0.15, -0.1) is 11.3 Å². The van der Waals surface area contributed by atoms with E-state index in [2.05, 4.69) is 20.6 Å². The SMILES string of the molecule is O=C1NC2(CCN(C(=O)c3ccncc3)CC2)Nc2cc(-c3ccncc3)sc21. The van der Waals surface area contributed by atoms with Crippen LogP contribution in [0, 0.1) is 0 Å². The number of likely N-dealkylation sites (tertiary alicyclic amines) is 1. The fraction of sp³-hybridized carbons (Fsp3) is 0.238. The molecule has 2 aliphatic rings. The number of fused-ring (bicyclic) bond motifs is 1. The van der Waals surface area contributed by atoms with Gasteiger partial charge in [0.1, 0.15) is 10.5 Å². The Kier molecular flexibility index (Phi) is 4.28. The Bertz CT molecular complexity index is 1060. The van der Waals surface area contributed by atoms with Crippen molar-refractivity contribution in [3.63, 3.8) is 0 Å². The van der Waals surface area contributed by atoms with Crippen molar-refractivity contribution < 1.29 is 9.59 Å². The summed E-state index contributed by atoms with van der Waals surface area (Å²) in [5.74, 6) is -0.0569. The van der Waals surface area contributed by atoms with Crippen LogP contribution in [0.4, 0.5) is 5.69 Å². The summed E-state index contributed by atoms with van der Waals surface area (Å²) >= 11 is 1.47. The minimum atomic E-state index is -0.518. The van der Waals surface area contributed by atoms with Gasteiger partial charge in [-0.3, -0.25) is 19.6 Å². The average Bonchev–Trinajstić information content (AvgIpc) is 3.19. The molecule has 29 heavy (non-hydrogen) atoms. The van der Waals surface area contributed by atoms with E-state index in [1.807, 2.05) is 23.1 Å². The van der Waals surface area contributed by atoms with Gasteiger partial charge >= 0.3 is 0 Å². The zero-order valence-electron chi connectivity index (χ0n) is 15.6. The molecule has 0 aromatic carbocycles. The molecule has 1 fully saturated rings. The number of aromatic nitrogens is 2. The number of amides is 2. The lowest BCUT2D eigenvalue weighted by Crippen LogP contribution is -2.62. The van der Waals surface area contributed by atoms with Crippen molar-refractivity contribution >= 4 is 28.8 Å². The van der Waals surface area contributed by atoms with E-state index >= 15 is 0 Å². The van der Waals surface area contributed by atoms with Crippen LogP contribution in [0.25, 0.3) is 10.4 Å². The molecule has 7 nitrogen and oxygen atoms in total. The van der Waals surface area contributed by atoms with Gasteiger partial charge < -0.3 is 15.5 Å². The van der Waals surface area contributed by atoms with E-state index < -0.39 is 5.66 Å². The summed E-state index contributed by atoms with van der Waals surface area (Å²) in [4.78, 5) is 37.1. The molecule has 0 unspecified atom stereocenters. The van der Waals surface area contributed by atoms with Crippen LogP contribution in [0.3, 0.4) is 0 Å². The van der Waals surface area contributed by atoms with E-state index in [0.29, 0.717) is 36.4 Å².